The Morgan fingerprint density at radius 1 is 1.25 bits per heavy atom. The van der Waals surface area contributed by atoms with Crippen molar-refractivity contribution in [2.75, 3.05) is 0 Å². The molecule has 0 N–H and O–H groups in total. The zero-order valence-electron chi connectivity index (χ0n) is 6.46. The number of hydrogen-bond donors (Lipinski definition) is 0. The summed E-state index contributed by atoms with van der Waals surface area (Å²) in [4.78, 5) is 23.0. The first-order chi connectivity index (χ1) is 5.70. The van der Waals surface area contributed by atoms with Gasteiger partial charge in [0.05, 0.1) is 0 Å². The number of ketones is 1. The van der Waals surface area contributed by atoms with Crippen LogP contribution >= 0.6 is 11.8 Å². The number of fused-ring (bicyclic) bond motifs is 1. The molecule has 1 aromatic rings. The molecule has 0 saturated heterocycles. The normalized spacial score (nSPS) is 15.1. The quantitative estimate of drug-likeness (QED) is 0.568. The number of benzene rings is 1. The molecule has 1 heterocycles. The van der Waals surface area contributed by atoms with Crippen LogP contribution in [0.4, 0.5) is 0 Å². The number of Topliss-reactive ketones (excluding diaryl/α,β-unsaturated/α-hetero) is 1. The van der Waals surface area contributed by atoms with Gasteiger partial charge >= 0.3 is 0 Å². The fourth-order valence-corrected chi connectivity index (χ4v) is 2.16. The predicted octanol–water partition coefficient (Wildman–Crippen LogP) is 1.81. The van der Waals surface area contributed by atoms with Crippen LogP contribution < -0.4 is 0 Å². The lowest BCUT2D eigenvalue weighted by Gasteiger charge is -1.97. The van der Waals surface area contributed by atoms with Crippen LogP contribution in [0.3, 0.4) is 0 Å². The summed E-state index contributed by atoms with van der Waals surface area (Å²) in [6.07, 6.45) is 0. The molecule has 0 bridgehead atoms. The molecule has 3 heteroatoms. The summed E-state index contributed by atoms with van der Waals surface area (Å²) in [7, 11) is 0. The van der Waals surface area contributed by atoms with Gasteiger partial charge in [0.25, 0.3) is 5.12 Å². The summed E-state index contributed by atoms with van der Waals surface area (Å²) in [5.41, 5.74) is 1.48. The van der Waals surface area contributed by atoms with Crippen molar-refractivity contribution in [2.45, 2.75) is 11.8 Å². The highest BCUT2D eigenvalue weighted by Crippen LogP contribution is 2.33. The molecular weight excluding hydrogens is 172 g/mol. The van der Waals surface area contributed by atoms with E-state index in [0.29, 0.717) is 5.56 Å². The van der Waals surface area contributed by atoms with Crippen LogP contribution in [0.1, 0.15) is 15.9 Å². The number of hydrogen-bond acceptors (Lipinski definition) is 3. The van der Waals surface area contributed by atoms with E-state index in [2.05, 4.69) is 0 Å². The second-order valence-electron chi connectivity index (χ2n) is 2.67. The largest absolute Gasteiger partial charge is 0.284 e. The molecule has 0 aromatic heterocycles. The van der Waals surface area contributed by atoms with Gasteiger partial charge < -0.3 is 0 Å². The predicted molar refractivity (Wildman–Crippen MR) is 46.4 cm³/mol. The summed E-state index contributed by atoms with van der Waals surface area (Å²) in [5.74, 6) is -0.354. The molecule has 1 aliphatic heterocycles. The maximum absolute atomic E-state index is 11.2. The van der Waals surface area contributed by atoms with Crippen molar-refractivity contribution in [1.29, 1.82) is 0 Å². The van der Waals surface area contributed by atoms with Gasteiger partial charge in [-0.25, -0.2) is 0 Å². The Balaban J connectivity index is 2.70. The van der Waals surface area contributed by atoms with Crippen molar-refractivity contribution in [3.63, 3.8) is 0 Å². The van der Waals surface area contributed by atoms with E-state index in [1.807, 2.05) is 19.1 Å². The lowest BCUT2D eigenvalue weighted by Crippen LogP contribution is -2.03. The second-order valence-corrected chi connectivity index (χ2v) is 3.68. The van der Waals surface area contributed by atoms with Crippen molar-refractivity contribution in [3.05, 3.63) is 29.3 Å². The zero-order valence-corrected chi connectivity index (χ0v) is 7.27. The molecule has 0 radical (unpaired) electrons. The van der Waals surface area contributed by atoms with Gasteiger partial charge in [-0.15, -0.1) is 0 Å². The fourth-order valence-electron chi connectivity index (χ4n) is 1.27. The van der Waals surface area contributed by atoms with Gasteiger partial charge in [-0.2, -0.15) is 0 Å². The first-order valence-electron chi connectivity index (χ1n) is 3.56. The standard InChI is InChI=1S/C9H6O2S/c1-5-3-2-4-6-7(5)8(10)9(11)12-6/h2-4H,1H3. The summed E-state index contributed by atoms with van der Waals surface area (Å²) in [6.45, 7) is 1.84. The Labute approximate surface area is 74.0 Å². The Morgan fingerprint density at radius 3 is 2.67 bits per heavy atom. The van der Waals surface area contributed by atoms with E-state index in [1.54, 1.807) is 6.07 Å². The molecule has 12 heavy (non-hydrogen) atoms. The molecule has 2 nitrogen and oxygen atoms in total. The average molecular weight is 178 g/mol. The number of aryl methyl sites for hydroxylation is 1. The minimum atomic E-state index is -0.362. The lowest BCUT2D eigenvalue weighted by molar-refractivity contribution is -0.107. The third kappa shape index (κ3) is 0.898. The monoisotopic (exact) mass is 178 g/mol. The van der Waals surface area contributed by atoms with Crippen LogP contribution in [0, 0.1) is 6.92 Å². The minimum Gasteiger partial charge on any atom is -0.284 e. The van der Waals surface area contributed by atoms with Crippen LogP contribution in [-0.4, -0.2) is 10.9 Å². The van der Waals surface area contributed by atoms with E-state index in [9.17, 15) is 9.59 Å². The van der Waals surface area contributed by atoms with Gasteiger partial charge in [0.1, 0.15) is 0 Å². The maximum atomic E-state index is 11.2. The van der Waals surface area contributed by atoms with E-state index >= 15 is 0 Å². The molecule has 1 aliphatic rings. The van der Waals surface area contributed by atoms with Crippen molar-refractivity contribution in [1.82, 2.24) is 0 Å². The van der Waals surface area contributed by atoms with Crippen LogP contribution in [0.5, 0.6) is 0 Å². The molecule has 0 unspecified atom stereocenters. The number of carbonyl (C=O) groups is 2. The highest BCUT2D eigenvalue weighted by molar-refractivity contribution is 8.16. The molecule has 0 aliphatic carbocycles. The lowest BCUT2D eigenvalue weighted by atomic mass is 10.1. The molecule has 1 aromatic carbocycles. The van der Waals surface area contributed by atoms with Crippen molar-refractivity contribution >= 4 is 22.7 Å². The van der Waals surface area contributed by atoms with E-state index in [0.717, 1.165) is 22.2 Å². The van der Waals surface area contributed by atoms with Crippen molar-refractivity contribution in [2.24, 2.45) is 0 Å². The van der Waals surface area contributed by atoms with Gasteiger partial charge in [0.15, 0.2) is 0 Å². The molecule has 0 atom stereocenters. The minimum absolute atomic E-state index is 0.354. The highest BCUT2D eigenvalue weighted by Gasteiger charge is 2.30. The number of carbonyl (C=O) groups excluding carboxylic acids is 2. The summed E-state index contributed by atoms with van der Waals surface area (Å²) >= 11 is 1.02. The first kappa shape index (κ1) is 7.55. The van der Waals surface area contributed by atoms with Gasteiger partial charge in [-0.1, -0.05) is 12.1 Å². The van der Waals surface area contributed by atoms with E-state index < -0.39 is 0 Å². The summed E-state index contributed by atoms with van der Waals surface area (Å²) in [6, 6.07) is 5.50. The molecular formula is C9H6O2S. The number of rotatable bonds is 0. The topological polar surface area (TPSA) is 34.1 Å². The second kappa shape index (κ2) is 2.45. The maximum Gasteiger partial charge on any atom is 0.264 e. The Hall–Kier alpha value is -1.09. The molecule has 0 fully saturated rings. The third-order valence-electron chi connectivity index (χ3n) is 1.85. The molecule has 60 valence electrons. The van der Waals surface area contributed by atoms with Crippen molar-refractivity contribution < 1.29 is 9.59 Å². The molecule has 0 amide bonds. The fraction of sp³-hybridized carbons (Fsp3) is 0.111. The van der Waals surface area contributed by atoms with Crippen LogP contribution in [0.25, 0.3) is 0 Å². The SMILES string of the molecule is Cc1cccc2c1C(=O)C(=O)S2. The average Bonchev–Trinajstić information content (AvgIpc) is 2.29. The Kier molecular flexibility index (Phi) is 1.54. The number of thioether (sulfide) groups is 1. The van der Waals surface area contributed by atoms with Gasteiger partial charge in [0, 0.05) is 10.5 Å². The van der Waals surface area contributed by atoms with Gasteiger partial charge in [-0.05, 0) is 30.3 Å². The van der Waals surface area contributed by atoms with E-state index in [4.69, 9.17) is 0 Å². The Bertz CT molecular complexity index is 382. The molecule has 0 saturated carbocycles. The third-order valence-corrected chi connectivity index (χ3v) is 2.78. The van der Waals surface area contributed by atoms with E-state index in [-0.39, 0.29) is 10.9 Å². The first-order valence-corrected chi connectivity index (χ1v) is 4.38. The summed E-state index contributed by atoms with van der Waals surface area (Å²) in [5, 5.41) is -0.362. The van der Waals surface area contributed by atoms with Gasteiger partial charge in [0.2, 0.25) is 5.78 Å². The smallest absolute Gasteiger partial charge is 0.264 e. The molecule has 0 spiro atoms. The van der Waals surface area contributed by atoms with Crippen LogP contribution in [-0.2, 0) is 4.79 Å². The molecule has 2 rings (SSSR count). The zero-order chi connectivity index (χ0) is 8.72. The van der Waals surface area contributed by atoms with Crippen LogP contribution in [0.2, 0.25) is 0 Å². The van der Waals surface area contributed by atoms with Crippen LogP contribution in [0.15, 0.2) is 23.1 Å². The van der Waals surface area contributed by atoms with Crippen molar-refractivity contribution in [3.8, 4) is 0 Å². The van der Waals surface area contributed by atoms with Gasteiger partial charge in [-0.3, -0.25) is 9.59 Å². The van der Waals surface area contributed by atoms with E-state index in [1.165, 1.54) is 0 Å². The highest BCUT2D eigenvalue weighted by atomic mass is 32.2. The Morgan fingerprint density at radius 2 is 2.00 bits per heavy atom. The summed E-state index contributed by atoms with van der Waals surface area (Å²) < 4.78 is 0.